The topological polar surface area (TPSA) is 118 Å². The molecule has 1 saturated heterocycles. The monoisotopic (exact) mass is 476 g/mol. The van der Waals surface area contributed by atoms with Crippen molar-refractivity contribution in [2.24, 2.45) is 0 Å². The van der Waals surface area contributed by atoms with E-state index in [4.69, 9.17) is 47.7 Å². The van der Waals surface area contributed by atoms with E-state index < -0.39 is 11.9 Å². The molecule has 2 aromatic rings. The number of benzene rings is 1. The van der Waals surface area contributed by atoms with E-state index in [0.717, 1.165) is 61.7 Å². The zero-order chi connectivity index (χ0) is 22.1. The number of hydrogen-bond donors (Lipinski definition) is 2. The first-order chi connectivity index (χ1) is 14.3. The Morgan fingerprint density at radius 3 is 2.43 bits per heavy atom. The van der Waals surface area contributed by atoms with Gasteiger partial charge in [0.05, 0.1) is 28.9 Å². The highest BCUT2D eigenvalue weighted by molar-refractivity contribution is 7.99. The Hall–Kier alpha value is -1.85. The minimum Gasteiger partial charge on any atom is -0.473 e. The number of carboxylic acid groups (broad SMARTS) is 2. The van der Waals surface area contributed by atoms with E-state index >= 15 is 0 Å². The standard InChI is InChI=1S/C16H20Cl2N4OS.C2H2O4/c1-12-19-16(24-10-2-5-21-6-8-23-9-7-21)20-22(12)13-3-4-14(17)15(18)11-13;3-1(4)2(5)6/h3-4,11H,2,5-10H2,1H3;(H,3,4)(H,5,6). The molecule has 30 heavy (non-hydrogen) atoms. The van der Waals surface area contributed by atoms with Crippen LogP contribution in [-0.2, 0) is 14.3 Å². The first-order valence-electron chi connectivity index (χ1n) is 9.06. The third-order valence-electron chi connectivity index (χ3n) is 4.03. The van der Waals surface area contributed by atoms with E-state index in [-0.39, 0.29) is 0 Å². The zero-order valence-electron chi connectivity index (χ0n) is 16.3. The Morgan fingerprint density at radius 2 is 1.83 bits per heavy atom. The number of nitrogens with zero attached hydrogens (tertiary/aromatic N) is 4. The molecular formula is C18H22Cl2N4O5S. The lowest BCUT2D eigenvalue weighted by Gasteiger charge is -2.26. The molecule has 0 aliphatic carbocycles. The molecule has 0 amide bonds. The quantitative estimate of drug-likeness (QED) is 0.368. The Morgan fingerprint density at radius 1 is 1.17 bits per heavy atom. The predicted molar refractivity (Wildman–Crippen MR) is 114 cm³/mol. The Labute approximate surface area is 187 Å². The van der Waals surface area contributed by atoms with Gasteiger partial charge in [-0.25, -0.2) is 19.3 Å². The smallest absolute Gasteiger partial charge is 0.414 e. The van der Waals surface area contributed by atoms with Gasteiger partial charge >= 0.3 is 11.9 Å². The van der Waals surface area contributed by atoms with Gasteiger partial charge in [-0.05, 0) is 38.1 Å². The minimum absolute atomic E-state index is 0.517. The number of thioether (sulfide) groups is 1. The van der Waals surface area contributed by atoms with Gasteiger partial charge in [0, 0.05) is 18.8 Å². The normalized spacial score (nSPS) is 14.1. The highest BCUT2D eigenvalue weighted by Crippen LogP contribution is 2.25. The Bertz CT molecular complexity index is 862. The van der Waals surface area contributed by atoms with Crippen molar-refractivity contribution in [3.05, 3.63) is 34.1 Å². The molecule has 2 heterocycles. The van der Waals surface area contributed by atoms with Gasteiger partial charge in [0.2, 0.25) is 5.16 Å². The second kappa shape index (κ2) is 12.1. The Balaban J connectivity index is 0.000000469. The van der Waals surface area contributed by atoms with Gasteiger partial charge in [0.1, 0.15) is 5.82 Å². The molecule has 1 fully saturated rings. The number of aryl methyl sites for hydroxylation is 1. The van der Waals surface area contributed by atoms with Crippen molar-refractivity contribution in [2.75, 3.05) is 38.6 Å². The molecule has 1 aromatic heterocycles. The third kappa shape index (κ3) is 7.77. The van der Waals surface area contributed by atoms with E-state index in [0.29, 0.717) is 10.0 Å². The molecule has 164 valence electrons. The van der Waals surface area contributed by atoms with Crippen LogP contribution in [0, 0.1) is 6.92 Å². The van der Waals surface area contributed by atoms with Gasteiger partial charge in [0.15, 0.2) is 0 Å². The minimum atomic E-state index is -1.82. The molecule has 2 N–H and O–H groups in total. The molecule has 3 rings (SSSR count). The predicted octanol–water partition coefficient (Wildman–Crippen LogP) is 2.85. The van der Waals surface area contributed by atoms with E-state index in [2.05, 4.69) is 15.0 Å². The lowest BCUT2D eigenvalue weighted by Crippen LogP contribution is -2.36. The van der Waals surface area contributed by atoms with E-state index in [9.17, 15) is 0 Å². The van der Waals surface area contributed by atoms with Crippen molar-refractivity contribution >= 4 is 46.9 Å². The first kappa shape index (κ1) is 24.4. The molecule has 0 unspecified atom stereocenters. The van der Waals surface area contributed by atoms with E-state index in [1.54, 1.807) is 28.6 Å². The number of aromatic nitrogens is 3. The van der Waals surface area contributed by atoms with Crippen LogP contribution in [0.3, 0.4) is 0 Å². The van der Waals surface area contributed by atoms with Crippen LogP contribution in [0.2, 0.25) is 10.0 Å². The van der Waals surface area contributed by atoms with Gasteiger partial charge in [-0.1, -0.05) is 35.0 Å². The summed E-state index contributed by atoms with van der Waals surface area (Å²) in [6.45, 7) is 6.81. The fourth-order valence-electron chi connectivity index (χ4n) is 2.56. The number of carboxylic acids is 2. The van der Waals surface area contributed by atoms with E-state index in [1.807, 2.05) is 13.0 Å². The van der Waals surface area contributed by atoms with Crippen LogP contribution < -0.4 is 0 Å². The van der Waals surface area contributed by atoms with Crippen molar-refractivity contribution in [3.8, 4) is 5.69 Å². The average molecular weight is 477 g/mol. The molecule has 0 atom stereocenters. The summed E-state index contributed by atoms with van der Waals surface area (Å²) >= 11 is 13.7. The maximum Gasteiger partial charge on any atom is 0.414 e. The van der Waals surface area contributed by atoms with E-state index in [1.165, 1.54) is 0 Å². The number of carbonyl (C=O) groups is 2. The maximum absolute atomic E-state index is 9.10. The molecule has 1 aliphatic rings. The molecule has 0 saturated carbocycles. The summed E-state index contributed by atoms with van der Waals surface area (Å²) in [7, 11) is 0. The summed E-state index contributed by atoms with van der Waals surface area (Å²) in [5.41, 5.74) is 0.870. The highest BCUT2D eigenvalue weighted by atomic mass is 35.5. The van der Waals surface area contributed by atoms with Gasteiger partial charge in [0.25, 0.3) is 0 Å². The zero-order valence-corrected chi connectivity index (χ0v) is 18.6. The molecule has 0 bridgehead atoms. The SMILES string of the molecule is Cc1nc(SCCCN2CCOCC2)nn1-c1ccc(Cl)c(Cl)c1.O=C(O)C(=O)O. The number of aliphatic carboxylic acids is 2. The first-order valence-corrected chi connectivity index (χ1v) is 10.8. The van der Waals surface area contributed by atoms with Crippen molar-refractivity contribution in [2.45, 2.75) is 18.5 Å². The number of hydrogen-bond acceptors (Lipinski definition) is 7. The van der Waals surface area contributed by atoms with Crippen LogP contribution in [0.25, 0.3) is 5.69 Å². The second-order valence-corrected chi connectivity index (χ2v) is 8.09. The highest BCUT2D eigenvalue weighted by Gasteiger charge is 2.12. The van der Waals surface area contributed by atoms with Crippen LogP contribution in [0.1, 0.15) is 12.2 Å². The fourth-order valence-corrected chi connectivity index (χ4v) is 3.65. The van der Waals surface area contributed by atoms with Crippen LogP contribution in [-0.4, -0.2) is 80.4 Å². The molecule has 12 heteroatoms. The molecule has 0 radical (unpaired) electrons. The molecule has 1 aromatic carbocycles. The molecule has 1 aliphatic heterocycles. The van der Waals surface area contributed by atoms with Crippen molar-refractivity contribution in [1.82, 2.24) is 19.7 Å². The van der Waals surface area contributed by atoms with Crippen LogP contribution >= 0.6 is 35.0 Å². The van der Waals surface area contributed by atoms with Gasteiger partial charge in [-0.2, -0.15) is 0 Å². The summed E-state index contributed by atoms with van der Waals surface area (Å²) < 4.78 is 7.16. The molecular weight excluding hydrogens is 455 g/mol. The number of rotatable bonds is 6. The summed E-state index contributed by atoms with van der Waals surface area (Å²) in [5, 5.41) is 21.2. The lowest BCUT2D eigenvalue weighted by molar-refractivity contribution is -0.159. The summed E-state index contributed by atoms with van der Waals surface area (Å²) in [6.07, 6.45) is 1.12. The summed E-state index contributed by atoms with van der Waals surface area (Å²) in [4.78, 5) is 25.2. The van der Waals surface area contributed by atoms with Crippen LogP contribution in [0.15, 0.2) is 23.4 Å². The number of halogens is 2. The number of ether oxygens (including phenoxy) is 1. The lowest BCUT2D eigenvalue weighted by atomic mass is 10.3. The second-order valence-electron chi connectivity index (χ2n) is 6.22. The van der Waals surface area contributed by atoms with Crippen LogP contribution in [0.4, 0.5) is 0 Å². The van der Waals surface area contributed by atoms with Crippen molar-refractivity contribution in [1.29, 1.82) is 0 Å². The Kier molecular flexibility index (Phi) is 9.86. The largest absolute Gasteiger partial charge is 0.473 e. The summed E-state index contributed by atoms with van der Waals surface area (Å²) in [5.74, 6) is -1.81. The van der Waals surface area contributed by atoms with Gasteiger partial charge in [-0.15, -0.1) is 5.10 Å². The average Bonchev–Trinajstić information content (AvgIpc) is 3.09. The van der Waals surface area contributed by atoms with Crippen molar-refractivity contribution in [3.63, 3.8) is 0 Å². The third-order valence-corrected chi connectivity index (χ3v) is 5.70. The van der Waals surface area contributed by atoms with Crippen LogP contribution in [0.5, 0.6) is 0 Å². The number of morpholine rings is 1. The van der Waals surface area contributed by atoms with Gasteiger partial charge in [-0.3, -0.25) is 4.90 Å². The molecule has 9 nitrogen and oxygen atoms in total. The van der Waals surface area contributed by atoms with Crippen molar-refractivity contribution < 1.29 is 24.5 Å². The van der Waals surface area contributed by atoms with Gasteiger partial charge < -0.3 is 14.9 Å². The fraction of sp³-hybridized carbons (Fsp3) is 0.444. The summed E-state index contributed by atoms with van der Waals surface area (Å²) in [6, 6.07) is 5.47. The maximum atomic E-state index is 9.10. The molecule has 0 spiro atoms.